The molecule has 4 rings (SSSR count). The molecule has 5 heteroatoms. The quantitative estimate of drug-likeness (QED) is 0.328. The highest BCUT2D eigenvalue weighted by Crippen LogP contribution is 2.42. The summed E-state index contributed by atoms with van der Waals surface area (Å²) in [7, 11) is 0. The van der Waals surface area contributed by atoms with Crippen LogP contribution < -0.4 is 27.2 Å². The minimum Gasteiger partial charge on any atom is -1.00 e. The van der Waals surface area contributed by atoms with E-state index in [-0.39, 0.29) is 19.0 Å². The summed E-state index contributed by atoms with van der Waals surface area (Å²) < 4.78 is 8.90. The van der Waals surface area contributed by atoms with Crippen LogP contribution in [0.1, 0.15) is 38.8 Å². The van der Waals surface area contributed by atoms with Gasteiger partial charge in [-0.3, -0.25) is 0 Å². The molecule has 0 atom stereocenters. The molecule has 1 aliphatic carbocycles. The summed E-state index contributed by atoms with van der Waals surface area (Å²) in [4.78, 5) is 2.34. The molecule has 1 aliphatic heterocycles. The molecule has 2 aromatic carbocycles. The zero-order valence-corrected chi connectivity index (χ0v) is 21.6. The highest BCUT2D eigenvalue weighted by Gasteiger charge is 2.20. The van der Waals surface area contributed by atoms with Gasteiger partial charge in [-0.15, -0.1) is 0 Å². The maximum Gasteiger partial charge on any atom is 0.203 e. The van der Waals surface area contributed by atoms with E-state index in [1.165, 1.54) is 22.2 Å². The molecule has 0 saturated heterocycles. The third kappa shape index (κ3) is 4.70. The van der Waals surface area contributed by atoms with E-state index in [9.17, 15) is 5.11 Å². The fourth-order valence-corrected chi connectivity index (χ4v) is 4.83. The Labute approximate surface area is 208 Å². The van der Waals surface area contributed by atoms with Gasteiger partial charge in [0.05, 0.1) is 12.7 Å². The molecule has 0 amide bonds. The SMILES string of the molecule is CCN(CC)c1ccc2c(-c3ccc(CO)cc3C)c3ccc(=[N+](CC)CC)cc-3oc2c1.[Cl-]. The van der Waals surface area contributed by atoms with Gasteiger partial charge in [0, 0.05) is 47.4 Å². The number of halogens is 1. The number of rotatable bonds is 7. The Morgan fingerprint density at radius 3 is 2.18 bits per heavy atom. The van der Waals surface area contributed by atoms with E-state index < -0.39 is 0 Å². The molecule has 0 fully saturated rings. The number of aryl methyl sites for hydroxylation is 1. The van der Waals surface area contributed by atoms with Crippen molar-refractivity contribution in [2.24, 2.45) is 0 Å². The molecule has 1 heterocycles. The Balaban J connectivity index is 0.00000324. The van der Waals surface area contributed by atoms with Gasteiger partial charge in [0.1, 0.15) is 24.4 Å². The average molecular weight is 479 g/mol. The van der Waals surface area contributed by atoms with Crippen molar-refractivity contribution in [1.82, 2.24) is 4.58 Å². The van der Waals surface area contributed by atoms with Gasteiger partial charge in [0.15, 0.2) is 0 Å². The first-order valence-electron chi connectivity index (χ1n) is 12.1. The third-order valence-electron chi connectivity index (χ3n) is 6.69. The van der Waals surface area contributed by atoms with Crippen LogP contribution in [0, 0.1) is 6.92 Å². The average Bonchev–Trinajstić information content (AvgIpc) is 2.84. The minimum atomic E-state index is 0. The summed E-state index contributed by atoms with van der Waals surface area (Å²) in [6, 6.07) is 19.3. The number of aliphatic hydroxyl groups is 1. The van der Waals surface area contributed by atoms with Crippen molar-refractivity contribution in [1.29, 1.82) is 0 Å². The highest BCUT2D eigenvalue weighted by molar-refractivity contribution is 6.03. The maximum atomic E-state index is 9.60. The summed E-state index contributed by atoms with van der Waals surface area (Å²) >= 11 is 0. The normalized spacial score (nSPS) is 11.0. The van der Waals surface area contributed by atoms with Crippen molar-refractivity contribution >= 4 is 16.7 Å². The van der Waals surface area contributed by atoms with Crippen molar-refractivity contribution in [2.45, 2.75) is 41.2 Å². The molecular formula is C29H35ClN2O2. The second kappa shape index (κ2) is 11.1. The van der Waals surface area contributed by atoms with E-state index in [1.807, 2.05) is 6.07 Å². The van der Waals surface area contributed by atoms with Gasteiger partial charge in [0.25, 0.3) is 0 Å². The number of fused-ring (bicyclic) bond motifs is 2. The molecule has 0 unspecified atom stereocenters. The van der Waals surface area contributed by atoms with Crippen molar-refractivity contribution < 1.29 is 21.9 Å². The molecule has 1 N–H and O–H groups in total. The van der Waals surface area contributed by atoms with E-state index in [0.717, 1.165) is 59.6 Å². The van der Waals surface area contributed by atoms with Crippen LogP contribution in [-0.2, 0) is 6.61 Å². The summed E-state index contributed by atoms with van der Waals surface area (Å²) in [6.07, 6.45) is 0. The van der Waals surface area contributed by atoms with Crippen LogP contribution in [0.2, 0.25) is 0 Å². The first-order chi connectivity index (χ1) is 16.0. The van der Waals surface area contributed by atoms with Gasteiger partial charge >= 0.3 is 0 Å². The lowest BCUT2D eigenvalue weighted by atomic mass is 9.90. The van der Waals surface area contributed by atoms with Crippen LogP contribution in [0.4, 0.5) is 5.69 Å². The Morgan fingerprint density at radius 2 is 1.56 bits per heavy atom. The van der Waals surface area contributed by atoms with Crippen molar-refractivity contribution in [3.8, 4) is 22.5 Å². The van der Waals surface area contributed by atoms with E-state index in [1.54, 1.807) is 0 Å². The second-order valence-corrected chi connectivity index (χ2v) is 8.49. The third-order valence-corrected chi connectivity index (χ3v) is 6.69. The molecule has 0 bridgehead atoms. The molecule has 4 nitrogen and oxygen atoms in total. The lowest BCUT2D eigenvalue weighted by Crippen LogP contribution is -3.00. The molecule has 34 heavy (non-hydrogen) atoms. The molecule has 2 aliphatic rings. The lowest BCUT2D eigenvalue weighted by molar-refractivity contribution is -0.00000827. The van der Waals surface area contributed by atoms with Crippen molar-refractivity contribution in [3.63, 3.8) is 0 Å². The molecule has 180 valence electrons. The van der Waals surface area contributed by atoms with Gasteiger partial charge in [-0.1, -0.05) is 18.2 Å². The Morgan fingerprint density at radius 1 is 0.853 bits per heavy atom. The summed E-state index contributed by atoms with van der Waals surface area (Å²) in [5, 5.41) is 11.9. The predicted octanol–water partition coefficient (Wildman–Crippen LogP) is 2.67. The van der Waals surface area contributed by atoms with Crippen LogP contribution in [0.3, 0.4) is 0 Å². The molecule has 2 aromatic rings. The first kappa shape index (κ1) is 25.8. The predicted molar refractivity (Wildman–Crippen MR) is 139 cm³/mol. The van der Waals surface area contributed by atoms with Crippen LogP contribution >= 0.6 is 0 Å². The first-order valence-corrected chi connectivity index (χ1v) is 12.1. The van der Waals surface area contributed by atoms with E-state index in [2.05, 4.69) is 92.6 Å². The topological polar surface area (TPSA) is 39.6 Å². The number of hydrogen-bond acceptors (Lipinski definition) is 3. The van der Waals surface area contributed by atoms with Gasteiger partial charge in [0.2, 0.25) is 5.36 Å². The largest absolute Gasteiger partial charge is 1.00 e. The number of hydrogen-bond donors (Lipinski definition) is 1. The fourth-order valence-electron chi connectivity index (χ4n) is 4.83. The maximum absolute atomic E-state index is 9.60. The summed E-state index contributed by atoms with van der Waals surface area (Å²) in [6.45, 7) is 14.7. The zero-order valence-electron chi connectivity index (χ0n) is 20.9. The van der Waals surface area contributed by atoms with Crippen LogP contribution in [0.25, 0.3) is 33.4 Å². The van der Waals surface area contributed by atoms with Crippen LogP contribution in [0.15, 0.2) is 59.0 Å². The Kier molecular flexibility index (Phi) is 8.40. The van der Waals surface area contributed by atoms with Crippen LogP contribution in [0.5, 0.6) is 0 Å². The van der Waals surface area contributed by atoms with Crippen molar-refractivity contribution in [3.05, 3.63) is 71.1 Å². The van der Waals surface area contributed by atoms with Crippen LogP contribution in [-0.4, -0.2) is 31.3 Å². The molecule has 0 radical (unpaired) electrons. The van der Waals surface area contributed by atoms with Crippen molar-refractivity contribution in [2.75, 3.05) is 31.1 Å². The lowest BCUT2D eigenvalue weighted by Gasteiger charge is -2.22. The Hall–Kier alpha value is -2.82. The molecule has 0 spiro atoms. The van der Waals surface area contributed by atoms with Gasteiger partial charge in [-0.25, -0.2) is 4.58 Å². The molecule has 0 saturated carbocycles. The second-order valence-electron chi connectivity index (χ2n) is 8.49. The smallest absolute Gasteiger partial charge is 0.203 e. The van der Waals surface area contributed by atoms with Gasteiger partial charge in [-0.05, 0) is 69.5 Å². The molecular weight excluding hydrogens is 444 g/mol. The minimum absolute atomic E-state index is 0. The van der Waals surface area contributed by atoms with Gasteiger partial charge in [-0.2, -0.15) is 0 Å². The number of benzene rings is 3. The van der Waals surface area contributed by atoms with E-state index >= 15 is 0 Å². The molecule has 0 aromatic heterocycles. The Bertz CT molecular complexity index is 1320. The summed E-state index contributed by atoms with van der Waals surface area (Å²) in [5.74, 6) is 0.893. The highest BCUT2D eigenvalue weighted by atomic mass is 35.5. The summed E-state index contributed by atoms with van der Waals surface area (Å²) in [5.41, 5.74) is 7.61. The number of nitrogens with zero attached hydrogens (tertiary/aromatic N) is 2. The monoisotopic (exact) mass is 478 g/mol. The fraction of sp³-hybridized carbons (Fsp3) is 0.345. The van der Waals surface area contributed by atoms with E-state index in [4.69, 9.17) is 4.42 Å². The number of anilines is 1. The number of aliphatic hydroxyl groups excluding tert-OH is 1. The van der Waals surface area contributed by atoms with Gasteiger partial charge < -0.3 is 26.8 Å². The van der Waals surface area contributed by atoms with E-state index in [0.29, 0.717) is 0 Å². The zero-order chi connectivity index (χ0) is 23.5. The standard InChI is InChI=1S/C29H35N2O2.ClH/c1-6-30(7-2)22-11-14-25-27(17-22)33-28-18-23(31(8-3)9-4)12-15-26(28)29(25)24-13-10-21(19-32)16-20(24)5;/h10-18,32H,6-9,19H2,1-5H3;1H/q+1;/p-1.